The van der Waals surface area contributed by atoms with Gasteiger partial charge in [-0.2, -0.15) is 0 Å². The van der Waals surface area contributed by atoms with Gasteiger partial charge in [-0.15, -0.1) is 0 Å². The molecular weight excluding hydrogens is 464 g/mol. The fourth-order valence-corrected chi connectivity index (χ4v) is 4.61. The first kappa shape index (κ1) is 27.4. The number of hydrogen-bond acceptors (Lipinski definition) is 6. The molecular formula is C26H38N4O6. The molecule has 1 unspecified atom stereocenters. The topological polar surface area (TPSA) is 126 Å². The van der Waals surface area contributed by atoms with Crippen molar-refractivity contribution in [2.24, 2.45) is 0 Å². The van der Waals surface area contributed by atoms with Crippen molar-refractivity contribution in [1.29, 1.82) is 0 Å². The van der Waals surface area contributed by atoms with Crippen molar-refractivity contribution in [3.8, 4) is 5.75 Å². The van der Waals surface area contributed by atoms with Crippen molar-refractivity contribution in [1.82, 2.24) is 15.5 Å². The quantitative estimate of drug-likeness (QED) is 0.422. The van der Waals surface area contributed by atoms with Crippen LogP contribution in [0.25, 0.3) is 0 Å². The zero-order valence-corrected chi connectivity index (χ0v) is 21.3. The molecule has 1 aromatic rings. The summed E-state index contributed by atoms with van der Waals surface area (Å²) in [7, 11) is 1.54. The van der Waals surface area contributed by atoms with E-state index < -0.39 is 29.2 Å². The molecule has 1 saturated heterocycles. The summed E-state index contributed by atoms with van der Waals surface area (Å²) in [5, 5.41) is 8.41. The normalized spacial score (nSPS) is 18.0. The average Bonchev–Trinajstić information content (AvgIpc) is 2.91. The second-order valence-electron chi connectivity index (χ2n) is 9.39. The lowest BCUT2D eigenvalue weighted by Gasteiger charge is -2.39. The number of morpholine rings is 1. The van der Waals surface area contributed by atoms with Crippen LogP contribution >= 0.6 is 0 Å². The summed E-state index contributed by atoms with van der Waals surface area (Å²) in [6.07, 6.45) is 5.35. The van der Waals surface area contributed by atoms with Crippen LogP contribution in [-0.4, -0.2) is 73.5 Å². The third-order valence-corrected chi connectivity index (χ3v) is 6.83. The Balaban J connectivity index is 1.71. The van der Waals surface area contributed by atoms with Crippen LogP contribution in [0.15, 0.2) is 24.3 Å². The second kappa shape index (κ2) is 13.2. The van der Waals surface area contributed by atoms with Crippen LogP contribution in [0.4, 0.5) is 10.5 Å². The number of Topliss-reactive ketones (excluding diaryl/α,β-unsaturated/α-hetero) is 1. The standard InChI is InChI=1S/C26H38N4O6/c1-3-4-8-21(22(31)23(32)27-19-9-11-20(35-2)12-10-19)28-24(33)26(13-6-5-7-14-26)29-25(34)30-15-17-36-18-16-30/h9-12,21H,3-8,13-18H2,1-2H3,(H,27,32)(H,28,33)(H,29,34). The number of ketones is 1. The Morgan fingerprint density at radius 1 is 1.06 bits per heavy atom. The molecule has 10 heteroatoms. The molecule has 1 heterocycles. The van der Waals surface area contributed by atoms with Crippen LogP contribution in [0, 0.1) is 0 Å². The van der Waals surface area contributed by atoms with E-state index in [0.29, 0.717) is 63.4 Å². The third kappa shape index (κ3) is 7.19. The summed E-state index contributed by atoms with van der Waals surface area (Å²) in [4.78, 5) is 54.1. The summed E-state index contributed by atoms with van der Waals surface area (Å²) < 4.78 is 10.4. The van der Waals surface area contributed by atoms with Gasteiger partial charge in [0.25, 0.3) is 5.91 Å². The molecule has 0 aromatic heterocycles. The van der Waals surface area contributed by atoms with Crippen molar-refractivity contribution >= 4 is 29.3 Å². The number of ether oxygens (including phenoxy) is 2. The Morgan fingerprint density at radius 3 is 2.33 bits per heavy atom. The Kier molecular flexibility index (Phi) is 10.1. The number of anilines is 1. The van der Waals surface area contributed by atoms with Gasteiger partial charge in [0.2, 0.25) is 11.7 Å². The number of urea groups is 1. The first-order valence-electron chi connectivity index (χ1n) is 12.8. The van der Waals surface area contributed by atoms with Crippen LogP contribution in [0.3, 0.4) is 0 Å². The summed E-state index contributed by atoms with van der Waals surface area (Å²) in [6, 6.07) is 5.36. The van der Waals surface area contributed by atoms with Gasteiger partial charge in [-0.05, 0) is 43.5 Å². The molecule has 10 nitrogen and oxygen atoms in total. The molecule has 4 amide bonds. The predicted molar refractivity (Wildman–Crippen MR) is 135 cm³/mol. The Morgan fingerprint density at radius 2 is 1.72 bits per heavy atom. The van der Waals surface area contributed by atoms with E-state index in [1.807, 2.05) is 6.92 Å². The Labute approximate surface area is 212 Å². The fourth-order valence-electron chi connectivity index (χ4n) is 4.61. The smallest absolute Gasteiger partial charge is 0.318 e. The van der Waals surface area contributed by atoms with Crippen molar-refractivity contribution in [2.75, 3.05) is 38.7 Å². The van der Waals surface area contributed by atoms with Gasteiger partial charge in [0.1, 0.15) is 11.3 Å². The first-order chi connectivity index (χ1) is 17.4. The van der Waals surface area contributed by atoms with Gasteiger partial charge in [-0.25, -0.2) is 4.79 Å². The maximum absolute atomic E-state index is 13.6. The summed E-state index contributed by atoms with van der Waals surface area (Å²) in [5.41, 5.74) is -0.651. The van der Waals surface area contributed by atoms with E-state index in [9.17, 15) is 19.2 Å². The largest absolute Gasteiger partial charge is 0.497 e. The van der Waals surface area contributed by atoms with Crippen molar-refractivity contribution in [3.63, 3.8) is 0 Å². The predicted octanol–water partition coefficient (Wildman–Crippen LogP) is 2.62. The summed E-state index contributed by atoms with van der Waals surface area (Å²) in [5.74, 6) is -1.28. The number of hydrogen-bond donors (Lipinski definition) is 3. The third-order valence-electron chi connectivity index (χ3n) is 6.83. The van der Waals surface area contributed by atoms with E-state index in [4.69, 9.17) is 9.47 Å². The lowest BCUT2D eigenvalue weighted by molar-refractivity contribution is -0.138. The van der Waals surface area contributed by atoms with E-state index >= 15 is 0 Å². The zero-order chi connectivity index (χ0) is 26.0. The van der Waals surface area contributed by atoms with E-state index in [-0.39, 0.29) is 6.03 Å². The number of benzene rings is 1. The highest BCUT2D eigenvalue weighted by Gasteiger charge is 2.43. The van der Waals surface area contributed by atoms with Gasteiger partial charge in [-0.1, -0.05) is 39.0 Å². The molecule has 0 spiro atoms. The van der Waals surface area contributed by atoms with Crippen molar-refractivity contribution in [3.05, 3.63) is 24.3 Å². The molecule has 3 N–H and O–H groups in total. The van der Waals surface area contributed by atoms with E-state index in [2.05, 4.69) is 16.0 Å². The molecule has 2 aliphatic rings. The van der Waals surface area contributed by atoms with Gasteiger partial charge in [0.05, 0.1) is 26.4 Å². The van der Waals surface area contributed by atoms with E-state index in [1.165, 1.54) is 0 Å². The fraction of sp³-hybridized carbons (Fsp3) is 0.615. The summed E-state index contributed by atoms with van der Waals surface area (Å²) >= 11 is 0. The Bertz CT molecular complexity index is 908. The van der Waals surface area contributed by atoms with E-state index in [0.717, 1.165) is 25.7 Å². The second-order valence-corrected chi connectivity index (χ2v) is 9.39. The number of rotatable bonds is 10. The molecule has 3 rings (SSSR count). The maximum Gasteiger partial charge on any atom is 0.318 e. The minimum absolute atomic E-state index is 0.302. The number of carbonyl (C=O) groups is 4. The van der Waals surface area contributed by atoms with Crippen LogP contribution < -0.4 is 20.7 Å². The molecule has 198 valence electrons. The molecule has 36 heavy (non-hydrogen) atoms. The molecule has 1 atom stereocenters. The molecule has 1 aromatic carbocycles. The van der Waals surface area contributed by atoms with Crippen LogP contribution in [-0.2, 0) is 19.1 Å². The van der Waals surface area contributed by atoms with Crippen LogP contribution in [0.5, 0.6) is 5.75 Å². The highest BCUT2D eigenvalue weighted by atomic mass is 16.5. The molecule has 1 aliphatic carbocycles. The van der Waals surface area contributed by atoms with Gasteiger partial charge in [-0.3, -0.25) is 14.4 Å². The van der Waals surface area contributed by atoms with Crippen LogP contribution in [0.2, 0.25) is 0 Å². The number of nitrogens with zero attached hydrogens (tertiary/aromatic N) is 1. The van der Waals surface area contributed by atoms with Crippen molar-refractivity contribution < 1.29 is 28.7 Å². The maximum atomic E-state index is 13.6. The number of amides is 4. The van der Waals surface area contributed by atoms with Gasteiger partial charge in [0, 0.05) is 18.8 Å². The molecule has 1 aliphatic heterocycles. The van der Waals surface area contributed by atoms with E-state index in [1.54, 1.807) is 36.3 Å². The lowest BCUT2D eigenvalue weighted by atomic mass is 9.80. The highest BCUT2D eigenvalue weighted by molar-refractivity contribution is 6.42. The monoisotopic (exact) mass is 502 g/mol. The Hall–Kier alpha value is -3.14. The first-order valence-corrected chi connectivity index (χ1v) is 12.8. The summed E-state index contributed by atoms with van der Waals surface area (Å²) in [6.45, 7) is 3.83. The van der Waals surface area contributed by atoms with Gasteiger partial charge >= 0.3 is 6.03 Å². The zero-order valence-electron chi connectivity index (χ0n) is 21.3. The molecule has 2 fully saturated rings. The molecule has 0 radical (unpaired) electrons. The van der Waals surface area contributed by atoms with Crippen LogP contribution in [0.1, 0.15) is 58.3 Å². The number of unbranched alkanes of at least 4 members (excludes halogenated alkanes) is 1. The average molecular weight is 503 g/mol. The molecule has 0 bridgehead atoms. The van der Waals surface area contributed by atoms with Gasteiger partial charge in [0.15, 0.2) is 0 Å². The number of methoxy groups -OCH3 is 1. The minimum atomic E-state index is -1.11. The lowest BCUT2D eigenvalue weighted by Crippen LogP contribution is -2.64. The van der Waals surface area contributed by atoms with Gasteiger partial charge < -0.3 is 30.3 Å². The number of nitrogens with one attached hydrogen (secondary N) is 3. The minimum Gasteiger partial charge on any atom is -0.497 e. The number of carbonyl (C=O) groups excluding carboxylic acids is 4. The molecule has 1 saturated carbocycles. The SMILES string of the molecule is CCCCC(NC(=O)C1(NC(=O)N2CCOCC2)CCCCC1)C(=O)C(=O)Nc1ccc(OC)cc1. The van der Waals surface area contributed by atoms with Crippen molar-refractivity contribution in [2.45, 2.75) is 69.9 Å². The highest BCUT2D eigenvalue weighted by Crippen LogP contribution is 2.29.